The van der Waals surface area contributed by atoms with Gasteiger partial charge in [-0.3, -0.25) is 0 Å². The zero-order chi connectivity index (χ0) is 10.4. The van der Waals surface area contributed by atoms with Crippen molar-refractivity contribution in [2.45, 2.75) is 51.6 Å². The summed E-state index contributed by atoms with van der Waals surface area (Å²) in [7, 11) is -1.46. The van der Waals surface area contributed by atoms with Crippen LogP contribution < -0.4 is 0 Å². The molecule has 0 radical (unpaired) electrons. The van der Waals surface area contributed by atoms with Gasteiger partial charge in [0.05, 0.1) is 0 Å². The summed E-state index contributed by atoms with van der Waals surface area (Å²) in [6.45, 7) is 5.44. The first-order valence-corrected chi connectivity index (χ1v) is 8.95. The summed E-state index contributed by atoms with van der Waals surface area (Å²) in [6, 6.07) is 2.60. The molecule has 0 atom stereocenters. The van der Waals surface area contributed by atoms with Gasteiger partial charge in [0, 0.05) is 12.1 Å². The van der Waals surface area contributed by atoms with E-state index in [1.165, 1.54) is 37.8 Å². The standard InChI is InChI=1S/C11H23ClOSi/c1-11(2)6-7-13-14(10-12)8-4-3-5-9-14/h11H,3-10H2,1-2H3. The van der Waals surface area contributed by atoms with E-state index < -0.39 is 8.32 Å². The summed E-state index contributed by atoms with van der Waals surface area (Å²) in [4.78, 5) is 0. The summed E-state index contributed by atoms with van der Waals surface area (Å²) in [5.74, 6) is 0.750. The lowest BCUT2D eigenvalue weighted by Crippen LogP contribution is -2.43. The van der Waals surface area contributed by atoms with Crippen LogP contribution in [-0.4, -0.2) is 20.4 Å². The minimum Gasteiger partial charge on any atom is -0.416 e. The Balaban J connectivity index is 2.29. The maximum Gasteiger partial charge on any atom is 0.207 e. The Labute approximate surface area is 94.3 Å². The molecule has 0 aliphatic carbocycles. The Bertz CT molecular complexity index is 155. The maximum absolute atomic E-state index is 6.14. The Morgan fingerprint density at radius 1 is 1.21 bits per heavy atom. The minimum atomic E-state index is -1.46. The topological polar surface area (TPSA) is 9.23 Å². The van der Waals surface area contributed by atoms with Crippen LogP contribution >= 0.6 is 11.6 Å². The van der Waals surface area contributed by atoms with E-state index in [2.05, 4.69) is 13.8 Å². The lowest BCUT2D eigenvalue weighted by atomic mass is 10.2. The molecular weight excluding hydrogens is 212 g/mol. The SMILES string of the molecule is CC(C)CCO[Si]1(CCl)CCCCC1. The molecule has 1 aliphatic heterocycles. The first kappa shape index (κ1) is 12.5. The number of hydrogen-bond donors (Lipinski definition) is 0. The smallest absolute Gasteiger partial charge is 0.207 e. The van der Waals surface area contributed by atoms with Gasteiger partial charge in [0.1, 0.15) is 0 Å². The van der Waals surface area contributed by atoms with Gasteiger partial charge in [-0.2, -0.15) is 0 Å². The molecule has 0 aromatic heterocycles. The van der Waals surface area contributed by atoms with E-state index in [0.29, 0.717) is 0 Å². The molecule has 0 saturated carbocycles. The Morgan fingerprint density at radius 2 is 1.86 bits per heavy atom. The summed E-state index contributed by atoms with van der Waals surface area (Å²) in [5, 5.41) is 0. The summed E-state index contributed by atoms with van der Waals surface area (Å²) in [5.41, 5.74) is 0.811. The van der Waals surface area contributed by atoms with Crippen LogP contribution in [0.1, 0.15) is 39.5 Å². The highest BCUT2D eigenvalue weighted by Crippen LogP contribution is 2.30. The number of hydrogen-bond acceptors (Lipinski definition) is 1. The van der Waals surface area contributed by atoms with Crippen LogP contribution in [0.5, 0.6) is 0 Å². The molecule has 1 nitrogen and oxygen atoms in total. The van der Waals surface area contributed by atoms with Crippen LogP contribution in [0.25, 0.3) is 0 Å². The molecular formula is C11H23ClOSi. The molecule has 0 bridgehead atoms. The lowest BCUT2D eigenvalue weighted by molar-refractivity contribution is 0.269. The highest BCUT2D eigenvalue weighted by molar-refractivity contribution is 6.80. The third-order valence-electron chi connectivity index (χ3n) is 3.11. The fourth-order valence-corrected chi connectivity index (χ4v) is 6.28. The van der Waals surface area contributed by atoms with Crippen LogP contribution in [0.2, 0.25) is 12.1 Å². The van der Waals surface area contributed by atoms with Gasteiger partial charge >= 0.3 is 0 Å². The predicted octanol–water partition coefficient (Wildman–Crippen LogP) is 3.96. The van der Waals surface area contributed by atoms with Crippen molar-refractivity contribution < 1.29 is 4.43 Å². The molecule has 0 aromatic carbocycles. The van der Waals surface area contributed by atoms with Crippen LogP contribution in [-0.2, 0) is 4.43 Å². The first-order chi connectivity index (χ1) is 6.68. The lowest BCUT2D eigenvalue weighted by Gasteiger charge is -2.33. The van der Waals surface area contributed by atoms with Gasteiger partial charge in [-0.1, -0.05) is 33.1 Å². The fraction of sp³-hybridized carbons (Fsp3) is 1.00. The van der Waals surface area contributed by atoms with Gasteiger partial charge in [0.2, 0.25) is 8.32 Å². The van der Waals surface area contributed by atoms with Gasteiger partial charge in [-0.05, 0) is 24.4 Å². The minimum absolute atomic E-state index is 0.750. The second-order valence-electron chi connectivity index (χ2n) is 4.91. The van der Waals surface area contributed by atoms with E-state index in [-0.39, 0.29) is 0 Å². The van der Waals surface area contributed by atoms with E-state index in [9.17, 15) is 0 Å². The molecule has 0 aromatic rings. The largest absolute Gasteiger partial charge is 0.416 e. The molecule has 0 amide bonds. The molecule has 1 aliphatic rings. The van der Waals surface area contributed by atoms with Crippen molar-refractivity contribution in [3.63, 3.8) is 0 Å². The highest BCUT2D eigenvalue weighted by atomic mass is 35.5. The molecule has 0 spiro atoms. The summed E-state index contributed by atoms with van der Waals surface area (Å²) < 4.78 is 6.14. The monoisotopic (exact) mass is 234 g/mol. The van der Waals surface area contributed by atoms with Gasteiger partial charge in [-0.15, -0.1) is 11.6 Å². The van der Waals surface area contributed by atoms with Gasteiger partial charge in [0.25, 0.3) is 0 Å². The molecule has 1 fully saturated rings. The van der Waals surface area contributed by atoms with Crippen molar-refractivity contribution >= 4 is 19.9 Å². The third-order valence-corrected chi connectivity index (χ3v) is 8.41. The Hall–Kier alpha value is 0.467. The van der Waals surface area contributed by atoms with Crippen molar-refractivity contribution in [2.24, 2.45) is 5.92 Å². The Morgan fingerprint density at radius 3 is 2.36 bits per heavy atom. The average molecular weight is 235 g/mol. The van der Waals surface area contributed by atoms with Crippen LogP contribution in [0.3, 0.4) is 0 Å². The maximum atomic E-state index is 6.14. The first-order valence-electron chi connectivity index (χ1n) is 5.88. The van der Waals surface area contributed by atoms with Crippen molar-refractivity contribution in [1.29, 1.82) is 0 Å². The van der Waals surface area contributed by atoms with Crippen LogP contribution in [0.4, 0.5) is 0 Å². The number of alkyl halides is 1. The van der Waals surface area contributed by atoms with Crippen molar-refractivity contribution in [1.82, 2.24) is 0 Å². The zero-order valence-corrected chi connectivity index (χ0v) is 11.3. The second-order valence-corrected chi connectivity index (χ2v) is 9.63. The normalized spacial score (nSPS) is 21.4. The molecule has 3 heteroatoms. The zero-order valence-electron chi connectivity index (χ0n) is 9.52. The predicted molar refractivity (Wildman–Crippen MR) is 65.3 cm³/mol. The second kappa shape index (κ2) is 6.14. The molecule has 1 rings (SSSR count). The molecule has 84 valence electrons. The van der Waals surface area contributed by atoms with Gasteiger partial charge in [-0.25, -0.2) is 0 Å². The number of halogens is 1. The Kier molecular flexibility index (Phi) is 5.50. The molecule has 0 N–H and O–H groups in total. The third kappa shape index (κ3) is 3.91. The van der Waals surface area contributed by atoms with E-state index in [1.54, 1.807) is 0 Å². The molecule has 1 heterocycles. The van der Waals surface area contributed by atoms with Gasteiger partial charge < -0.3 is 4.43 Å². The van der Waals surface area contributed by atoms with Crippen molar-refractivity contribution in [2.75, 3.05) is 12.1 Å². The summed E-state index contributed by atoms with van der Waals surface area (Å²) in [6.07, 6.45) is 5.27. The van der Waals surface area contributed by atoms with Crippen LogP contribution in [0, 0.1) is 5.92 Å². The summed E-state index contributed by atoms with van der Waals surface area (Å²) >= 11 is 6.09. The highest BCUT2D eigenvalue weighted by Gasteiger charge is 2.35. The van der Waals surface area contributed by atoms with E-state index in [0.717, 1.165) is 18.0 Å². The van der Waals surface area contributed by atoms with Gasteiger partial charge in [0.15, 0.2) is 0 Å². The van der Waals surface area contributed by atoms with Crippen molar-refractivity contribution in [3.8, 4) is 0 Å². The fourth-order valence-electron chi connectivity index (χ4n) is 2.02. The van der Waals surface area contributed by atoms with Crippen molar-refractivity contribution in [3.05, 3.63) is 0 Å². The molecule has 0 unspecified atom stereocenters. The van der Waals surface area contributed by atoms with E-state index >= 15 is 0 Å². The van der Waals surface area contributed by atoms with E-state index in [1.807, 2.05) is 0 Å². The van der Waals surface area contributed by atoms with E-state index in [4.69, 9.17) is 16.0 Å². The average Bonchev–Trinajstić information content (AvgIpc) is 2.19. The van der Waals surface area contributed by atoms with Crippen LogP contribution in [0.15, 0.2) is 0 Å². The quantitative estimate of drug-likeness (QED) is 0.517. The number of rotatable bonds is 5. The molecule has 1 saturated heterocycles. The molecule has 14 heavy (non-hydrogen) atoms.